The van der Waals surface area contributed by atoms with E-state index in [1.165, 1.54) is 17.5 Å². The van der Waals surface area contributed by atoms with Crippen LogP contribution in [0.4, 0.5) is 30.6 Å². The maximum atomic E-state index is 13.3. The lowest BCUT2D eigenvalue weighted by atomic mass is 9.99. The summed E-state index contributed by atoms with van der Waals surface area (Å²) in [6.45, 7) is 2.46. The summed E-state index contributed by atoms with van der Waals surface area (Å²) in [6, 6.07) is 6.02. The van der Waals surface area contributed by atoms with Crippen molar-refractivity contribution in [2.45, 2.75) is 44.6 Å². The Morgan fingerprint density at radius 2 is 1.88 bits per heavy atom. The number of nitrogens with zero attached hydrogens (tertiary/aromatic N) is 5. The topological polar surface area (TPSA) is 78.9 Å². The fourth-order valence-corrected chi connectivity index (χ4v) is 3.81. The molecule has 3 aromatic rings. The molecule has 1 aromatic carbocycles. The summed E-state index contributed by atoms with van der Waals surface area (Å²) in [7, 11) is 0. The lowest BCUT2D eigenvalue weighted by molar-refractivity contribution is -0.137. The van der Waals surface area contributed by atoms with Crippen molar-refractivity contribution in [2.75, 3.05) is 17.2 Å². The molecule has 0 saturated heterocycles. The van der Waals surface area contributed by atoms with Crippen molar-refractivity contribution in [2.24, 2.45) is 0 Å². The summed E-state index contributed by atoms with van der Waals surface area (Å²) in [4.78, 5) is 18.5. The molecule has 5 rings (SSSR count). The Labute approximate surface area is 183 Å². The first-order valence-corrected chi connectivity index (χ1v) is 10.5. The van der Waals surface area contributed by atoms with Gasteiger partial charge in [-0.1, -0.05) is 6.07 Å². The van der Waals surface area contributed by atoms with Gasteiger partial charge in [-0.05, 0) is 42.5 Å². The van der Waals surface area contributed by atoms with Crippen molar-refractivity contribution >= 4 is 17.5 Å². The Bertz CT molecular complexity index is 1100. The second-order valence-corrected chi connectivity index (χ2v) is 8.19. The molecule has 1 aliphatic heterocycles. The van der Waals surface area contributed by atoms with Gasteiger partial charge in [0.1, 0.15) is 17.7 Å². The SMILES string of the molecule is FC(F)(F)c1cnc(Nc2ccc3c(c2)CN(Cc2cncnc2)CC3)nc1NC1CC1. The minimum Gasteiger partial charge on any atom is -0.367 e. The number of fused-ring (bicyclic) bond motifs is 1. The Balaban J connectivity index is 1.33. The normalized spacial score (nSPS) is 16.5. The fraction of sp³-hybridized carbons (Fsp3) is 0.364. The Morgan fingerprint density at radius 1 is 1.06 bits per heavy atom. The van der Waals surface area contributed by atoms with Crippen LogP contribution in [0.3, 0.4) is 0 Å². The number of aromatic nitrogens is 4. The van der Waals surface area contributed by atoms with E-state index in [0.29, 0.717) is 0 Å². The van der Waals surface area contributed by atoms with E-state index >= 15 is 0 Å². The lowest BCUT2D eigenvalue weighted by Gasteiger charge is -2.29. The van der Waals surface area contributed by atoms with E-state index < -0.39 is 11.7 Å². The van der Waals surface area contributed by atoms with E-state index in [1.54, 1.807) is 0 Å². The van der Waals surface area contributed by atoms with Crippen LogP contribution in [0.25, 0.3) is 0 Å². The van der Waals surface area contributed by atoms with Gasteiger partial charge in [-0.2, -0.15) is 18.2 Å². The van der Waals surface area contributed by atoms with Gasteiger partial charge in [-0.3, -0.25) is 4.90 Å². The monoisotopic (exact) mass is 441 g/mol. The van der Waals surface area contributed by atoms with Gasteiger partial charge in [0.2, 0.25) is 5.95 Å². The molecule has 0 bridgehead atoms. The number of benzene rings is 1. The van der Waals surface area contributed by atoms with Crippen LogP contribution < -0.4 is 10.6 Å². The Hall–Kier alpha value is -3.27. The summed E-state index contributed by atoms with van der Waals surface area (Å²) in [6.07, 6.45) is 4.10. The van der Waals surface area contributed by atoms with Crippen LogP contribution in [-0.4, -0.2) is 37.4 Å². The van der Waals surface area contributed by atoms with Gasteiger partial charge in [-0.15, -0.1) is 0 Å². The number of halogens is 3. The maximum absolute atomic E-state index is 13.3. The van der Waals surface area contributed by atoms with Crippen molar-refractivity contribution in [1.29, 1.82) is 0 Å². The molecule has 10 heteroatoms. The molecule has 1 fully saturated rings. The summed E-state index contributed by atoms with van der Waals surface area (Å²) in [5.41, 5.74) is 3.38. The molecule has 32 heavy (non-hydrogen) atoms. The molecule has 2 aliphatic rings. The first-order valence-electron chi connectivity index (χ1n) is 10.5. The van der Waals surface area contributed by atoms with Gasteiger partial charge >= 0.3 is 6.18 Å². The molecule has 0 atom stereocenters. The standard InChI is InChI=1S/C22H22F3N7/c23-22(24,25)19-10-28-21(31-20(19)29-17-3-4-17)30-18-2-1-15-5-6-32(12-16(15)7-18)11-14-8-26-13-27-9-14/h1-2,7-10,13,17H,3-6,11-12H2,(H2,28,29,30,31). The predicted molar refractivity (Wildman–Crippen MR) is 113 cm³/mol. The number of anilines is 3. The molecule has 0 spiro atoms. The molecule has 1 saturated carbocycles. The highest BCUT2D eigenvalue weighted by Crippen LogP contribution is 2.36. The van der Waals surface area contributed by atoms with Crippen LogP contribution in [0.2, 0.25) is 0 Å². The van der Waals surface area contributed by atoms with Crippen LogP contribution >= 0.6 is 0 Å². The smallest absolute Gasteiger partial charge is 0.367 e. The summed E-state index contributed by atoms with van der Waals surface area (Å²) >= 11 is 0. The van der Waals surface area contributed by atoms with Crippen molar-refractivity contribution < 1.29 is 13.2 Å². The van der Waals surface area contributed by atoms with Crippen molar-refractivity contribution in [3.8, 4) is 0 Å². The second-order valence-electron chi connectivity index (χ2n) is 8.19. The van der Waals surface area contributed by atoms with Gasteiger partial charge < -0.3 is 10.6 Å². The minimum absolute atomic E-state index is 0.0450. The largest absolute Gasteiger partial charge is 0.421 e. The van der Waals surface area contributed by atoms with Gasteiger partial charge in [0.25, 0.3) is 0 Å². The quantitative estimate of drug-likeness (QED) is 0.595. The number of hydrogen-bond acceptors (Lipinski definition) is 7. The molecule has 1 aliphatic carbocycles. The zero-order valence-electron chi connectivity index (χ0n) is 17.2. The van der Waals surface area contributed by atoms with E-state index in [0.717, 1.165) is 56.3 Å². The van der Waals surface area contributed by atoms with E-state index in [9.17, 15) is 13.2 Å². The van der Waals surface area contributed by atoms with Crippen LogP contribution in [0.1, 0.15) is 35.1 Å². The molecular weight excluding hydrogens is 419 g/mol. The third-order valence-electron chi connectivity index (χ3n) is 5.59. The highest BCUT2D eigenvalue weighted by Gasteiger charge is 2.37. The lowest BCUT2D eigenvalue weighted by Crippen LogP contribution is -2.30. The highest BCUT2D eigenvalue weighted by atomic mass is 19.4. The Kier molecular flexibility index (Phi) is 5.38. The number of hydrogen-bond donors (Lipinski definition) is 2. The van der Waals surface area contributed by atoms with Crippen molar-refractivity contribution in [3.63, 3.8) is 0 Å². The number of nitrogens with one attached hydrogen (secondary N) is 2. The molecule has 0 unspecified atom stereocenters. The van der Waals surface area contributed by atoms with E-state index in [4.69, 9.17) is 0 Å². The first-order chi connectivity index (χ1) is 15.4. The number of alkyl halides is 3. The molecule has 166 valence electrons. The average molecular weight is 441 g/mol. The molecule has 2 N–H and O–H groups in total. The summed E-state index contributed by atoms with van der Waals surface area (Å²) in [5.74, 6) is -0.0399. The molecular formula is C22H22F3N7. The Morgan fingerprint density at radius 3 is 2.62 bits per heavy atom. The number of rotatable bonds is 6. The molecule has 7 nitrogen and oxygen atoms in total. The van der Waals surface area contributed by atoms with Crippen LogP contribution in [-0.2, 0) is 25.7 Å². The predicted octanol–water partition coefficient (Wildman–Crippen LogP) is 4.16. The molecule has 0 radical (unpaired) electrons. The molecule has 2 aromatic heterocycles. The van der Waals surface area contributed by atoms with Crippen LogP contribution in [0.15, 0.2) is 43.1 Å². The van der Waals surface area contributed by atoms with Crippen LogP contribution in [0.5, 0.6) is 0 Å². The molecule has 3 heterocycles. The molecule has 0 amide bonds. The average Bonchev–Trinajstić information content (AvgIpc) is 3.58. The van der Waals surface area contributed by atoms with Crippen molar-refractivity contribution in [3.05, 3.63) is 65.4 Å². The second kappa shape index (κ2) is 8.34. The zero-order valence-corrected chi connectivity index (χ0v) is 17.2. The van der Waals surface area contributed by atoms with E-state index in [-0.39, 0.29) is 17.8 Å². The highest BCUT2D eigenvalue weighted by molar-refractivity contribution is 5.59. The van der Waals surface area contributed by atoms with E-state index in [2.05, 4.69) is 35.5 Å². The first kappa shape index (κ1) is 20.6. The van der Waals surface area contributed by atoms with Gasteiger partial charge in [0, 0.05) is 55.5 Å². The zero-order chi connectivity index (χ0) is 22.1. The maximum Gasteiger partial charge on any atom is 0.421 e. The fourth-order valence-electron chi connectivity index (χ4n) is 3.81. The van der Waals surface area contributed by atoms with Gasteiger partial charge in [0.15, 0.2) is 0 Å². The third-order valence-corrected chi connectivity index (χ3v) is 5.59. The van der Waals surface area contributed by atoms with Gasteiger partial charge in [-0.25, -0.2) is 15.0 Å². The van der Waals surface area contributed by atoms with Crippen molar-refractivity contribution in [1.82, 2.24) is 24.8 Å². The van der Waals surface area contributed by atoms with Gasteiger partial charge in [0.05, 0.1) is 0 Å². The minimum atomic E-state index is -4.51. The summed E-state index contributed by atoms with van der Waals surface area (Å²) < 4.78 is 39.9. The van der Waals surface area contributed by atoms with E-state index in [1.807, 2.05) is 30.6 Å². The third kappa shape index (κ3) is 4.80. The van der Waals surface area contributed by atoms with Crippen LogP contribution in [0, 0.1) is 0 Å². The summed E-state index contributed by atoms with van der Waals surface area (Å²) in [5, 5.41) is 5.93.